The fourth-order valence-corrected chi connectivity index (χ4v) is 1.52. The van der Waals surface area contributed by atoms with E-state index in [2.05, 4.69) is 4.98 Å². The summed E-state index contributed by atoms with van der Waals surface area (Å²) in [6, 6.07) is 10.8. The SMILES string of the molecule is COc1ccccc1C=CC(=O)Oc1cccnc1. The first-order valence-corrected chi connectivity index (χ1v) is 5.72. The van der Waals surface area contributed by atoms with Crippen molar-refractivity contribution in [2.75, 3.05) is 7.11 Å². The smallest absolute Gasteiger partial charge is 0.336 e. The number of benzene rings is 1. The summed E-state index contributed by atoms with van der Waals surface area (Å²) in [5.74, 6) is 0.656. The Labute approximate surface area is 111 Å². The molecule has 0 atom stereocenters. The topological polar surface area (TPSA) is 48.4 Å². The molecule has 0 saturated carbocycles. The fraction of sp³-hybridized carbons (Fsp3) is 0.0667. The molecule has 0 aliphatic carbocycles. The van der Waals surface area contributed by atoms with Crippen LogP contribution in [0.4, 0.5) is 0 Å². The Hall–Kier alpha value is -2.62. The number of nitrogens with zero attached hydrogens (tertiary/aromatic N) is 1. The van der Waals surface area contributed by atoms with Gasteiger partial charge in [-0.15, -0.1) is 0 Å². The van der Waals surface area contributed by atoms with E-state index in [0.717, 1.165) is 5.56 Å². The molecule has 4 nitrogen and oxygen atoms in total. The number of methoxy groups -OCH3 is 1. The van der Waals surface area contributed by atoms with Crippen molar-refractivity contribution in [2.24, 2.45) is 0 Å². The maximum absolute atomic E-state index is 11.6. The number of esters is 1. The molecular weight excluding hydrogens is 242 g/mol. The van der Waals surface area contributed by atoms with E-state index in [1.165, 1.54) is 12.3 Å². The lowest BCUT2D eigenvalue weighted by atomic mass is 10.2. The number of hydrogen-bond donors (Lipinski definition) is 0. The second-order valence-corrected chi connectivity index (χ2v) is 3.69. The second kappa shape index (κ2) is 6.35. The van der Waals surface area contributed by atoms with Gasteiger partial charge in [0.1, 0.15) is 11.5 Å². The Morgan fingerprint density at radius 2 is 2.05 bits per heavy atom. The Morgan fingerprint density at radius 3 is 2.79 bits per heavy atom. The van der Waals surface area contributed by atoms with Crippen LogP contribution in [-0.2, 0) is 4.79 Å². The third-order valence-corrected chi connectivity index (χ3v) is 2.39. The molecule has 0 saturated heterocycles. The van der Waals surface area contributed by atoms with Gasteiger partial charge in [-0.25, -0.2) is 4.79 Å². The maximum Gasteiger partial charge on any atom is 0.336 e. The highest BCUT2D eigenvalue weighted by molar-refractivity contribution is 5.89. The molecule has 2 rings (SSSR count). The Balaban J connectivity index is 2.04. The largest absolute Gasteiger partial charge is 0.496 e. The van der Waals surface area contributed by atoms with E-state index in [1.54, 1.807) is 31.5 Å². The molecule has 1 heterocycles. The standard InChI is InChI=1S/C15H13NO3/c1-18-14-7-3-2-5-12(14)8-9-15(17)19-13-6-4-10-16-11-13/h2-11H,1H3. The van der Waals surface area contributed by atoms with Crippen molar-refractivity contribution in [1.29, 1.82) is 0 Å². The molecule has 0 bridgehead atoms. The number of hydrogen-bond acceptors (Lipinski definition) is 4. The van der Waals surface area contributed by atoms with Crippen molar-refractivity contribution in [2.45, 2.75) is 0 Å². The summed E-state index contributed by atoms with van der Waals surface area (Å²) in [4.78, 5) is 15.5. The van der Waals surface area contributed by atoms with Gasteiger partial charge in [0, 0.05) is 17.8 Å². The second-order valence-electron chi connectivity index (χ2n) is 3.69. The molecule has 0 fully saturated rings. The highest BCUT2D eigenvalue weighted by atomic mass is 16.5. The average molecular weight is 255 g/mol. The van der Waals surface area contributed by atoms with Gasteiger partial charge in [-0.3, -0.25) is 4.98 Å². The fourth-order valence-electron chi connectivity index (χ4n) is 1.52. The summed E-state index contributed by atoms with van der Waals surface area (Å²) in [6.07, 6.45) is 6.10. The van der Waals surface area contributed by atoms with Gasteiger partial charge >= 0.3 is 5.97 Å². The van der Waals surface area contributed by atoms with Crippen LogP contribution < -0.4 is 9.47 Å². The van der Waals surface area contributed by atoms with Gasteiger partial charge in [0.15, 0.2) is 0 Å². The van der Waals surface area contributed by atoms with E-state index in [9.17, 15) is 4.79 Å². The average Bonchev–Trinajstić information content (AvgIpc) is 2.46. The molecule has 0 aliphatic rings. The highest BCUT2D eigenvalue weighted by Gasteiger charge is 2.01. The minimum absolute atomic E-state index is 0.414. The van der Waals surface area contributed by atoms with Gasteiger partial charge < -0.3 is 9.47 Å². The van der Waals surface area contributed by atoms with Gasteiger partial charge in [-0.05, 0) is 24.3 Å². The minimum Gasteiger partial charge on any atom is -0.496 e. The zero-order valence-corrected chi connectivity index (χ0v) is 10.4. The van der Waals surface area contributed by atoms with Crippen LogP contribution >= 0.6 is 0 Å². The van der Waals surface area contributed by atoms with Crippen molar-refractivity contribution >= 4 is 12.0 Å². The summed E-state index contributed by atoms with van der Waals surface area (Å²) >= 11 is 0. The highest BCUT2D eigenvalue weighted by Crippen LogP contribution is 2.18. The molecule has 2 aromatic rings. The molecule has 96 valence electrons. The summed E-state index contributed by atoms with van der Waals surface area (Å²) in [5, 5.41) is 0. The molecule has 4 heteroatoms. The zero-order valence-electron chi connectivity index (χ0n) is 10.4. The Morgan fingerprint density at radius 1 is 1.21 bits per heavy atom. The van der Waals surface area contributed by atoms with E-state index in [1.807, 2.05) is 24.3 Å². The lowest BCUT2D eigenvalue weighted by Gasteiger charge is -2.03. The Kier molecular flexibility index (Phi) is 4.29. The van der Waals surface area contributed by atoms with Gasteiger partial charge in [0.25, 0.3) is 0 Å². The number of rotatable bonds is 4. The van der Waals surface area contributed by atoms with E-state index >= 15 is 0 Å². The van der Waals surface area contributed by atoms with E-state index in [0.29, 0.717) is 11.5 Å². The number of ether oxygens (including phenoxy) is 2. The van der Waals surface area contributed by atoms with Crippen LogP contribution in [0.15, 0.2) is 54.9 Å². The number of pyridine rings is 1. The zero-order chi connectivity index (χ0) is 13.5. The lowest BCUT2D eigenvalue weighted by Crippen LogP contribution is -2.03. The van der Waals surface area contributed by atoms with Crippen LogP contribution in [0.5, 0.6) is 11.5 Å². The van der Waals surface area contributed by atoms with Crippen LogP contribution in [-0.4, -0.2) is 18.1 Å². The van der Waals surface area contributed by atoms with Crippen LogP contribution in [0.25, 0.3) is 6.08 Å². The molecule has 1 aromatic heterocycles. The predicted octanol–water partition coefficient (Wildman–Crippen LogP) is 2.71. The number of para-hydroxylation sites is 1. The molecule has 0 radical (unpaired) electrons. The van der Waals surface area contributed by atoms with Crippen LogP contribution in [0, 0.1) is 0 Å². The van der Waals surface area contributed by atoms with Gasteiger partial charge in [0.2, 0.25) is 0 Å². The molecule has 19 heavy (non-hydrogen) atoms. The summed E-state index contributed by atoms with van der Waals surface area (Å²) in [5.41, 5.74) is 0.813. The number of aromatic nitrogens is 1. The minimum atomic E-state index is -0.459. The molecule has 0 aliphatic heterocycles. The third-order valence-electron chi connectivity index (χ3n) is 2.39. The van der Waals surface area contributed by atoms with E-state index in [4.69, 9.17) is 9.47 Å². The first-order valence-electron chi connectivity index (χ1n) is 5.72. The summed E-state index contributed by atoms with van der Waals surface area (Å²) in [6.45, 7) is 0. The quantitative estimate of drug-likeness (QED) is 0.622. The Bertz CT molecular complexity index is 579. The van der Waals surface area contributed by atoms with Crippen molar-refractivity contribution in [3.63, 3.8) is 0 Å². The molecule has 1 aromatic carbocycles. The van der Waals surface area contributed by atoms with Crippen LogP contribution in [0.1, 0.15) is 5.56 Å². The molecule has 0 spiro atoms. The summed E-state index contributed by atoms with van der Waals surface area (Å²) < 4.78 is 10.3. The number of carbonyl (C=O) groups excluding carboxylic acids is 1. The van der Waals surface area contributed by atoms with Gasteiger partial charge in [0.05, 0.1) is 13.3 Å². The monoisotopic (exact) mass is 255 g/mol. The first kappa shape index (κ1) is 12.8. The normalized spacial score (nSPS) is 10.4. The molecular formula is C15H13NO3. The van der Waals surface area contributed by atoms with E-state index in [-0.39, 0.29) is 0 Å². The van der Waals surface area contributed by atoms with Crippen LogP contribution in [0.3, 0.4) is 0 Å². The maximum atomic E-state index is 11.6. The first-order chi connectivity index (χ1) is 9.29. The lowest BCUT2D eigenvalue weighted by molar-refractivity contribution is -0.128. The predicted molar refractivity (Wildman–Crippen MR) is 71.9 cm³/mol. The summed E-state index contributed by atoms with van der Waals surface area (Å²) in [7, 11) is 1.58. The third kappa shape index (κ3) is 3.67. The number of carbonyl (C=O) groups is 1. The molecule has 0 unspecified atom stereocenters. The van der Waals surface area contributed by atoms with Crippen LogP contribution in [0.2, 0.25) is 0 Å². The van der Waals surface area contributed by atoms with Crippen molar-refractivity contribution in [3.05, 3.63) is 60.4 Å². The van der Waals surface area contributed by atoms with Crippen molar-refractivity contribution < 1.29 is 14.3 Å². The molecule has 0 N–H and O–H groups in total. The van der Waals surface area contributed by atoms with Gasteiger partial charge in [-0.2, -0.15) is 0 Å². The van der Waals surface area contributed by atoms with Crippen molar-refractivity contribution in [3.8, 4) is 11.5 Å². The van der Waals surface area contributed by atoms with E-state index < -0.39 is 5.97 Å². The van der Waals surface area contributed by atoms with Gasteiger partial charge in [-0.1, -0.05) is 18.2 Å². The molecule has 0 amide bonds. The van der Waals surface area contributed by atoms with Crippen molar-refractivity contribution in [1.82, 2.24) is 4.98 Å².